The minimum Gasteiger partial charge on any atom is -0.507 e. The molecule has 2 aliphatic heterocycles. The highest BCUT2D eigenvalue weighted by Crippen LogP contribution is 2.57. The Kier molecular flexibility index (Phi) is 6.26. The number of allylic oxidation sites excluding steroid dienone is 4. The van der Waals surface area contributed by atoms with Crippen LogP contribution in [0.3, 0.4) is 0 Å². The van der Waals surface area contributed by atoms with E-state index in [4.69, 9.17) is 9.47 Å². The summed E-state index contributed by atoms with van der Waals surface area (Å²) in [6, 6.07) is 0. The highest BCUT2D eigenvalue weighted by molar-refractivity contribution is 6.31. The van der Waals surface area contributed by atoms with Crippen LogP contribution in [0.15, 0.2) is 23.1 Å². The SMILES string of the molecule is CC(=O)c1c(O)c(C)c(O)c2c1OC1=CC(=O)/C(=C(/C)NCCCN3CCOCC3)C(=O)C12C. The molecule has 1 aromatic carbocycles. The van der Waals surface area contributed by atoms with Crippen LogP contribution in [-0.2, 0) is 19.7 Å². The molecule has 2 heterocycles. The molecular weight excluding hydrogens is 440 g/mol. The number of morpholine rings is 1. The van der Waals surface area contributed by atoms with Crippen molar-refractivity contribution in [2.45, 2.75) is 39.5 Å². The second-order valence-electron chi connectivity index (χ2n) is 9.12. The van der Waals surface area contributed by atoms with Crippen molar-refractivity contribution >= 4 is 17.3 Å². The highest BCUT2D eigenvalue weighted by atomic mass is 16.5. The average molecular weight is 471 g/mol. The predicted molar refractivity (Wildman–Crippen MR) is 123 cm³/mol. The van der Waals surface area contributed by atoms with Gasteiger partial charge in [0.25, 0.3) is 0 Å². The van der Waals surface area contributed by atoms with Gasteiger partial charge in [-0.1, -0.05) is 0 Å². The van der Waals surface area contributed by atoms with Gasteiger partial charge in [-0.15, -0.1) is 0 Å². The van der Waals surface area contributed by atoms with E-state index in [0.29, 0.717) is 12.2 Å². The summed E-state index contributed by atoms with van der Waals surface area (Å²) < 4.78 is 11.1. The molecule has 34 heavy (non-hydrogen) atoms. The number of aromatic hydroxyl groups is 2. The van der Waals surface area contributed by atoms with Crippen LogP contribution in [0, 0.1) is 6.92 Å². The Labute approximate surface area is 198 Å². The molecule has 0 bridgehead atoms. The molecule has 1 atom stereocenters. The summed E-state index contributed by atoms with van der Waals surface area (Å²) in [6.07, 6.45) is 2.06. The van der Waals surface area contributed by atoms with E-state index in [-0.39, 0.29) is 39.5 Å². The number of hydrogen-bond donors (Lipinski definition) is 3. The van der Waals surface area contributed by atoms with E-state index in [2.05, 4.69) is 10.2 Å². The molecule has 0 aromatic heterocycles. The van der Waals surface area contributed by atoms with E-state index in [1.807, 2.05) is 0 Å². The van der Waals surface area contributed by atoms with Crippen molar-refractivity contribution in [3.8, 4) is 17.2 Å². The van der Waals surface area contributed by atoms with Crippen molar-refractivity contribution in [3.05, 3.63) is 39.8 Å². The maximum absolute atomic E-state index is 13.7. The van der Waals surface area contributed by atoms with Gasteiger partial charge in [0.2, 0.25) is 0 Å². The molecule has 1 aliphatic carbocycles. The Balaban J connectivity index is 1.65. The van der Waals surface area contributed by atoms with Crippen LogP contribution in [0.1, 0.15) is 48.7 Å². The lowest BCUT2D eigenvalue weighted by atomic mass is 9.70. The first-order valence-electron chi connectivity index (χ1n) is 11.4. The average Bonchev–Trinajstić information content (AvgIpc) is 3.09. The third-order valence-corrected chi connectivity index (χ3v) is 6.90. The van der Waals surface area contributed by atoms with Crippen molar-refractivity contribution in [3.63, 3.8) is 0 Å². The van der Waals surface area contributed by atoms with Crippen molar-refractivity contribution in [2.75, 3.05) is 39.4 Å². The standard InChI is InChI=1S/C25H30N2O7/c1-13-21(30)19(15(3)28)23-20(22(13)31)25(4)17(34-23)12-16(29)18(24(25)32)14(2)26-6-5-7-27-8-10-33-11-9-27/h12,26,30-31H,5-11H2,1-4H3/b18-14+. The number of hydrogen-bond acceptors (Lipinski definition) is 9. The van der Waals surface area contributed by atoms with Gasteiger partial charge in [-0.05, 0) is 40.7 Å². The van der Waals surface area contributed by atoms with Gasteiger partial charge >= 0.3 is 0 Å². The van der Waals surface area contributed by atoms with E-state index in [0.717, 1.165) is 39.3 Å². The zero-order chi connectivity index (χ0) is 24.8. The molecule has 0 radical (unpaired) electrons. The largest absolute Gasteiger partial charge is 0.507 e. The van der Waals surface area contributed by atoms with E-state index >= 15 is 0 Å². The minimum absolute atomic E-state index is 0.0106. The first-order valence-corrected chi connectivity index (χ1v) is 11.4. The maximum Gasteiger partial charge on any atom is 0.194 e. The number of fused-ring (bicyclic) bond motifs is 3. The fourth-order valence-electron chi connectivity index (χ4n) is 4.85. The maximum atomic E-state index is 13.7. The van der Waals surface area contributed by atoms with E-state index in [1.54, 1.807) is 13.8 Å². The van der Waals surface area contributed by atoms with Crippen LogP contribution in [0.4, 0.5) is 0 Å². The lowest BCUT2D eigenvalue weighted by Crippen LogP contribution is -2.41. The van der Waals surface area contributed by atoms with Crippen LogP contribution in [0.25, 0.3) is 0 Å². The monoisotopic (exact) mass is 470 g/mol. The van der Waals surface area contributed by atoms with Crippen molar-refractivity contribution in [2.24, 2.45) is 0 Å². The van der Waals surface area contributed by atoms with Gasteiger partial charge in [0, 0.05) is 37.0 Å². The van der Waals surface area contributed by atoms with Gasteiger partial charge in [-0.3, -0.25) is 19.3 Å². The van der Waals surface area contributed by atoms with Crippen LogP contribution < -0.4 is 10.1 Å². The molecule has 4 rings (SSSR count). The fourth-order valence-corrected chi connectivity index (χ4v) is 4.85. The molecule has 0 saturated carbocycles. The molecule has 0 spiro atoms. The molecule has 1 unspecified atom stereocenters. The van der Waals surface area contributed by atoms with E-state index < -0.39 is 28.5 Å². The molecule has 1 aromatic rings. The summed E-state index contributed by atoms with van der Waals surface area (Å²) in [5, 5.41) is 24.5. The molecule has 182 valence electrons. The lowest BCUT2D eigenvalue weighted by molar-refractivity contribution is -0.123. The smallest absolute Gasteiger partial charge is 0.194 e. The normalized spacial score (nSPS) is 23.7. The third kappa shape index (κ3) is 3.69. The lowest BCUT2D eigenvalue weighted by Gasteiger charge is -2.29. The van der Waals surface area contributed by atoms with Gasteiger partial charge in [0.05, 0.1) is 24.4 Å². The zero-order valence-corrected chi connectivity index (χ0v) is 19.9. The number of ketones is 3. The molecular formula is C25H30N2O7. The Morgan fingerprint density at radius 1 is 1.18 bits per heavy atom. The Hall–Kier alpha value is -3.17. The van der Waals surface area contributed by atoms with E-state index in [9.17, 15) is 24.6 Å². The van der Waals surface area contributed by atoms with E-state index in [1.165, 1.54) is 19.9 Å². The molecule has 1 fully saturated rings. The third-order valence-electron chi connectivity index (χ3n) is 6.90. The number of nitrogens with zero attached hydrogens (tertiary/aromatic N) is 1. The number of Topliss-reactive ketones (excluding diaryl/α,β-unsaturated/α-hetero) is 2. The molecule has 3 aliphatic rings. The first kappa shape index (κ1) is 24.0. The van der Waals surface area contributed by atoms with Gasteiger partial charge in [0.1, 0.15) is 34.0 Å². The van der Waals surface area contributed by atoms with Gasteiger partial charge < -0.3 is 25.0 Å². The fraction of sp³-hybridized carbons (Fsp3) is 0.480. The summed E-state index contributed by atoms with van der Waals surface area (Å²) in [6.45, 7) is 10.7. The Morgan fingerprint density at radius 3 is 2.50 bits per heavy atom. The molecule has 9 nitrogen and oxygen atoms in total. The number of phenols is 2. The Bertz CT molecular complexity index is 1140. The minimum atomic E-state index is -1.50. The number of phenolic OH excluding ortho intramolecular Hbond substituents is 2. The number of carbonyl (C=O) groups excluding carboxylic acids is 3. The predicted octanol–water partition coefficient (Wildman–Crippen LogP) is 1.88. The summed E-state index contributed by atoms with van der Waals surface area (Å²) in [5.41, 5.74) is -1.02. The summed E-state index contributed by atoms with van der Waals surface area (Å²) in [5.74, 6) is -2.30. The first-order chi connectivity index (χ1) is 16.1. The number of nitrogens with one attached hydrogen (secondary N) is 1. The second kappa shape index (κ2) is 8.88. The second-order valence-corrected chi connectivity index (χ2v) is 9.12. The Morgan fingerprint density at radius 2 is 1.85 bits per heavy atom. The van der Waals surface area contributed by atoms with Crippen LogP contribution >= 0.6 is 0 Å². The van der Waals surface area contributed by atoms with Gasteiger partial charge in [-0.25, -0.2) is 0 Å². The van der Waals surface area contributed by atoms with Gasteiger partial charge in [-0.2, -0.15) is 0 Å². The molecule has 0 amide bonds. The zero-order valence-electron chi connectivity index (χ0n) is 19.9. The van der Waals surface area contributed by atoms with Crippen molar-refractivity contribution < 1.29 is 34.1 Å². The number of carbonyl (C=O) groups is 3. The van der Waals surface area contributed by atoms with Crippen LogP contribution in [-0.4, -0.2) is 71.9 Å². The quantitative estimate of drug-likeness (QED) is 0.247. The van der Waals surface area contributed by atoms with Crippen LogP contribution in [0.2, 0.25) is 0 Å². The molecule has 9 heteroatoms. The summed E-state index contributed by atoms with van der Waals surface area (Å²) in [4.78, 5) is 41.2. The van der Waals surface area contributed by atoms with Crippen LogP contribution in [0.5, 0.6) is 17.2 Å². The highest BCUT2D eigenvalue weighted by Gasteiger charge is 2.56. The molecule has 3 N–H and O–H groups in total. The number of rotatable bonds is 6. The summed E-state index contributed by atoms with van der Waals surface area (Å²) >= 11 is 0. The van der Waals surface area contributed by atoms with Crippen molar-refractivity contribution in [1.82, 2.24) is 10.2 Å². The number of benzene rings is 1. The summed E-state index contributed by atoms with van der Waals surface area (Å²) in [7, 11) is 0. The van der Waals surface area contributed by atoms with Gasteiger partial charge in [0.15, 0.2) is 17.3 Å². The number of ether oxygens (including phenoxy) is 2. The van der Waals surface area contributed by atoms with Crippen molar-refractivity contribution in [1.29, 1.82) is 0 Å². The topological polar surface area (TPSA) is 125 Å². The molecule has 1 saturated heterocycles.